The number of nitrogens with zero attached hydrogens (tertiary/aromatic N) is 1. The maximum atomic E-state index is 11.8. The number of amides is 3. The predicted molar refractivity (Wildman–Crippen MR) is 73.0 cm³/mol. The zero-order chi connectivity index (χ0) is 14.5. The Morgan fingerprint density at radius 3 is 2.70 bits per heavy atom. The summed E-state index contributed by atoms with van der Waals surface area (Å²) in [6.07, 6.45) is 0.166. The third kappa shape index (κ3) is 3.43. The van der Waals surface area contributed by atoms with Crippen molar-refractivity contribution in [3.05, 3.63) is 22.4 Å². The highest BCUT2D eigenvalue weighted by atomic mass is 32.1. The largest absolute Gasteiger partial charge is 0.375 e. The summed E-state index contributed by atoms with van der Waals surface area (Å²) in [6, 6.07) is 1.93. The van der Waals surface area contributed by atoms with E-state index in [1.807, 2.05) is 16.8 Å². The summed E-state index contributed by atoms with van der Waals surface area (Å²) in [4.78, 5) is 35.6. The molecule has 0 saturated carbocycles. The van der Waals surface area contributed by atoms with Crippen LogP contribution in [0.15, 0.2) is 16.8 Å². The molecule has 2 heterocycles. The Bertz CT molecular complexity index is 484. The quantitative estimate of drug-likeness (QED) is 0.784. The molecule has 1 aromatic heterocycles. The Morgan fingerprint density at radius 1 is 1.45 bits per heavy atom. The fourth-order valence-electron chi connectivity index (χ4n) is 2.00. The number of ether oxygens (including phenoxy) is 1. The van der Waals surface area contributed by atoms with E-state index in [0.717, 1.165) is 10.5 Å². The van der Waals surface area contributed by atoms with E-state index in [0.29, 0.717) is 6.54 Å². The lowest BCUT2D eigenvalue weighted by atomic mass is 10.2. The normalized spacial score (nSPS) is 16.6. The summed E-state index contributed by atoms with van der Waals surface area (Å²) in [5.74, 6) is -0.927. The molecule has 0 bridgehead atoms. The summed E-state index contributed by atoms with van der Waals surface area (Å²) < 4.78 is 5.30. The molecule has 1 unspecified atom stereocenters. The van der Waals surface area contributed by atoms with Crippen LogP contribution in [0, 0.1) is 0 Å². The fraction of sp³-hybridized carbons (Fsp3) is 0.462. The molecule has 0 radical (unpaired) electrons. The third-order valence-electron chi connectivity index (χ3n) is 3.14. The van der Waals surface area contributed by atoms with Crippen LogP contribution in [-0.2, 0) is 19.1 Å². The van der Waals surface area contributed by atoms with E-state index < -0.39 is 0 Å². The van der Waals surface area contributed by atoms with E-state index in [2.05, 4.69) is 5.32 Å². The van der Waals surface area contributed by atoms with E-state index in [1.54, 1.807) is 18.4 Å². The zero-order valence-corrected chi connectivity index (χ0v) is 11.9. The molecule has 20 heavy (non-hydrogen) atoms. The Kier molecular flexibility index (Phi) is 4.86. The molecule has 1 N–H and O–H groups in total. The van der Waals surface area contributed by atoms with Crippen molar-refractivity contribution < 1.29 is 19.1 Å². The second-order valence-electron chi connectivity index (χ2n) is 4.46. The number of thiophene rings is 1. The van der Waals surface area contributed by atoms with Crippen LogP contribution in [0.25, 0.3) is 0 Å². The van der Waals surface area contributed by atoms with E-state index in [1.165, 1.54) is 0 Å². The monoisotopic (exact) mass is 296 g/mol. The highest BCUT2D eigenvalue weighted by Gasteiger charge is 2.30. The summed E-state index contributed by atoms with van der Waals surface area (Å²) >= 11 is 1.55. The lowest BCUT2D eigenvalue weighted by Gasteiger charge is -2.17. The van der Waals surface area contributed by atoms with Crippen molar-refractivity contribution in [2.45, 2.75) is 18.9 Å². The van der Waals surface area contributed by atoms with Crippen LogP contribution in [0.3, 0.4) is 0 Å². The number of carbonyl (C=O) groups is 3. The molecule has 1 aromatic rings. The van der Waals surface area contributed by atoms with Crippen molar-refractivity contribution in [2.24, 2.45) is 0 Å². The van der Waals surface area contributed by atoms with Crippen molar-refractivity contribution >= 4 is 29.1 Å². The number of carbonyl (C=O) groups excluding carboxylic acids is 3. The van der Waals surface area contributed by atoms with E-state index in [9.17, 15) is 14.4 Å². The van der Waals surface area contributed by atoms with E-state index in [4.69, 9.17) is 4.74 Å². The molecule has 0 aromatic carbocycles. The average Bonchev–Trinajstić information content (AvgIpc) is 3.05. The van der Waals surface area contributed by atoms with Crippen molar-refractivity contribution in [2.75, 3.05) is 20.2 Å². The summed E-state index contributed by atoms with van der Waals surface area (Å²) in [7, 11) is 1.57. The van der Waals surface area contributed by atoms with Gasteiger partial charge in [0, 0.05) is 26.5 Å². The van der Waals surface area contributed by atoms with E-state index in [-0.39, 0.29) is 43.2 Å². The Balaban J connectivity index is 1.83. The molecule has 2 rings (SSSR count). The topological polar surface area (TPSA) is 75.7 Å². The van der Waals surface area contributed by atoms with Crippen LogP contribution < -0.4 is 5.32 Å². The molecule has 1 aliphatic heterocycles. The van der Waals surface area contributed by atoms with Crippen LogP contribution in [0.1, 0.15) is 24.5 Å². The first-order valence-corrected chi connectivity index (χ1v) is 7.21. The smallest absolute Gasteiger partial charge is 0.240 e. The number of nitrogens with one attached hydrogen (secondary N) is 1. The van der Waals surface area contributed by atoms with Gasteiger partial charge in [-0.3, -0.25) is 19.3 Å². The third-order valence-corrected chi connectivity index (χ3v) is 3.84. The van der Waals surface area contributed by atoms with Gasteiger partial charge in [0.05, 0.1) is 0 Å². The maximum absolute atomic E-state index is 11.8. The van der Waals surface area contributed by atoms with Gasteiger partial charge in [-0.1, -0.05) is 0 Å². The first kappa shape index (κ1) is 14.7. The first-order valence-electron chi connectivity index (χ1n) is 6.26. The lowest BCUT2D eigenvalue weighted by Crippen LogP contribution is -2.41. The predicted octanol–water partition coefficient (Wildman–Crippen LogP) is 0.701. The molecule has 3 amide bonds. The Morgan fingerprint density at radius 2 is 2.15 bits per heavy atom. The fourth-order valence-corrected chi connectivity index (χ4v) is 2.70. The van der Waals surface area contributed by atoms with Gasteiger partial charge >= 0.3 is 0 Å². The molecule has 108 valence electrons. The average molecular weight is 296 g/mol. The number of methoxy groups -OCH3 is 1. The second-order valence-corrected chi connectivity index (χ2v) is 5.24. The van der Waals surface area contributed by atoms with Gasteiger partial charge in [-0.2, -0.15) is 11.3 Å². The van der Waals surface area contributed by atoms with Gasteiger partial charge in [-0.25, -0.2) is 0 Å². The molecular weight excluding hydrogens is 280 g/mol. The number of hydrogen-bond donors (Lipinski definition) is 1. The van der Waals surface area contributed by atoms with Crippen molar-refractivity contribution in [3.63, 3.8) is 0 Å². The summed E-state index contributed by atoms with van der Waals surface area (Å²) in [6.45, 7) is 0.0972. The molecule has 1 atom stereocenters. The number of imide groups is 1. The summed E-state index contributed by atoms with van der Waals surface area (Å²) in [5, 5.41) is 6.57. The molecule has 7 heteroatoms. The van der Waals surface area contributed by atoms with Crippen LogP contribution in [-0.4, -0.2) is 42.8 Å². The van der Waals surface area contributed by atoms with Crippen molar-refractivity contribution in [3.8, 4) is 0 Å². The minimum Gasteiger partial charge on any atom is -0.375 e. The minimum absolute atomic E-state index is 0.196. The molecule has 1 fully saturated rings. The highest BCUT2D eigenvalue weighted by Crippen LogP contribution is 2.18. The molecule has 1 saturated heterocycles. The van der Waals surface area contributed by atoms with Gasteiger partial charge in [0.2, 0.25) is 17.7 Å². The van der Waals surface area contributed by atoms with Gasteiger partial charge in [-0.05, 0) is 22.4 Å². The molecule has 6 nitrogen and oxygen atoms in total. The molecular formula is C13H16N2O4S. The number of hydrogen-bond acceptors (Lipinski definition) is 5. The second kappa shape index (κ2) is 6.62. The summed E-state index contributed by atoms with van der Waals surface area (Å²) in [5.41, 5.74) is 0.992. The minimum atomic E-state index is -0.356. The van der Waals surface area contributed by atoms with Crippen LogP contribution in [0.2, 0.25) is 0 Å². The van der Waals surface area contributed by atoms with Crippen molar-refractivity contribution in [1.29, 1.82) is 0 Å². The maximum Gasteiger partial charge on any atom is 0.240 e. The van der Waals surface area contributed by atoms with Gasteiger partial charge < -0.3 is 10.1 Å². The van der Waals surface area contributed by atoms with Gasteiger partial charge in [0.15, 0.2) is 0 Å². The van der Waals surface area contributed by atoms with Gasteiger partial charge in [-0.15, -0.1) is 0 Å². The van der Waals surface area contributed by atoms with Gasteiger partial charge in [0.1, 0.15) is 12.6 Å². The molecule has 0 spiro atoms. The van der Waals surface area contributed by atoms with Crippen molar-refractivity contribution in [1.82, 2.24) is 10.2 Å². The van der Waals surface area contributed by atoms with E-state index >= 15 is 0 Å². The molecule has 0 aliphatic carbocycles. The van der Waals surface area contributed by atoms with Crippen LogP contribution in [0.4, 0.5) is 0 Å². The molecule has 1 aliphatic rings. The van der Waals surface area contributed by atoms with Crippen LogP contribution >= 0.6 is 11.3 Å². The van der Waals surface area contributed by atoms with Crippen LogP contribution in [0.5, 0.6) is 0 Å². The van der Waals surface area contributed by atoms with Gasteiger partial charge in [0.25, 0.3) is 0 Å². The highest BCUT2D eigenvalue weighted by molar-refractivity contribution is 7.07. The zero-order valence-electron chi connectivity index (χ0n) is 11.1. The first-order chi connectivity index (χ1) is 9.61. The SMILES string of the molecule is COC(CNC(=O)CN1C(=O)CCC1=O)c1ccsc1. The Labute approximate surface area is 120 Å². The lowest BCUT2D eigenvalue weighted by molar-refractivity contribution is -0.142. The standard InChI is InChI=1S/C13H16N2O4S/c1-19-10(9-4-5-20-8-9)6-14-11(16)7-15-12(17)2-3-13(15)18/h4-5,8,10H,2-3,6-7H2,1H3,(H,14,16). The number of likely N-dealkylation sites (tertiary alicyclic amines) is 1. The number of rotatable bonds is 6. The Hall–Kier alpha value is -1.73.